The van der Waals surface area contributed by atoms with E-state index in [2.05, 4.69) is 5.32 Å². The van der Waals surface area contributed by atoms with Crippen LogP contribution in [-0.4, -0.2) is 39.7 Å². The lowest BCUT2D eigenvalue weighted by molar-refractivity contribution is -0.143. The third-order valence-corrected chi connectivity index (χ3v) is 4.27. The number of anilines is 1. The minimum Gasteiger partial charge on any atom is -0.481 e. The van der Waals surface area contributed by atoms with Gasteiger partial charge in [-0.25, -0.2) is 4.79 Å². The first-order chi connectivity index (χ1) is 10.6. The van der Waals surface area contributed by atoms with Crippen molar-refractivity contribution in [2.24, 2.45) is 13.0 Å². The number of likely N-dealkylation sites (tertiary alicyclic amines) is 1. The van der Waals surface area contributed by atoms with Crippen LogP contribution >= 0.6 is 0 Å². The van der Waals surface area contributed by atoms with Crippen LogP contribution in [0, 0.1) is 5.92 Å². The lowest BCUT2D eigenvalue weighted by Crippen LogP contribution is -2.42. The molecule has 0 aliphatic carbocycles. The predicted molar refractivity (Wildman–Crippen MR) is 83.9 cm³/mol. The number of carboxylic acids is 1. The molecular formula is C16H19N3O3. The highest BCUT2D eigenvalue weighted by Gasteiger charge is 2.27. The summed E-state index contributed by atoms with van der Waals surface area (Å²) < 4.78 is 1.97. The van der Waals surface area contributed by atoms with Gasteiger partial charge in [-0.05, 0) is 25.0 Å². The second-order valence-corrected chi connectivity index (χ2v) is 5.70. The Morgan fingerprint density at radius 3 is 2.64 bits per heavy atom. The maximum absolute atomic E-state index is 12.4. The summed E-state index contributed by atoms with van der Waals surface area (Å²) in [6, 6.07) is 7.63. The SMILES string of the molecule is Cn1ccc2cccc(NC(=O)N3CCC(C(=O)O)CC3)c21. The topological polar surface area (TPSA) is 74.6 Å². The highest BCUT2D eigenvalue weighted by Crippen LogP contribution is 2.25. The largest absolute Gasteiger partial charge is 0.481 e. The number of fused-ring (bicyclic) bond motifs is 1. The zero-order chi connectivity index (χ0) is 15.7. The number of nitrogens with one attached hydrogen (secondary N) is 1. The fourth-order valence-electron chi connectivity index (χ4n) is 2.98. The molecule has 1 fully saturated rings. The number of urea groups is 1. The molecule has 0 atom stereocenters. The number of hydrogen-bond acceptors (Lipinski definition) is 2. The van der Waals surface area contributed by atoms with Crippen molar-refractivity contribution in [1.29, 1.82) is 0 Å². The number of benzene rings is 1. The first-order valence-corrected chi connectivity index (χ1v) is 7.39. The molecule has 1 aliphatic heterocycles. The molecule has 3 rings (SSSR count). The molecule has 1 aliphatic rings. The Morgan fingerprint density at radius 1 is 1.23 bits per heavy atom. The fraction of sp³-hybridized carbons (Fsp3) is 0.375. The molecule has 0 spiro atoms. The van der Waals surface area contributed by atoms with Gasteiger partial charge in [0.2, 0.25) is 0 Å². The molecule has 0 radical (unpaired) electrons. The summed E-state index contributed by atoms with van der Waals surface area (Å²) in [5.74, 6) is -1.10. The van der Waals surface area contributed by atoms with Gasteiger partial charge in [-0.3, -0.25) is 4.79 Å². The van der Waals surface area contributed by atoms with Crippen molar-refractivity contribution in [3.8, 4) is 0 Å². The molecule has 116 valence electrons. The molecule has 6 nitrogen and oxygen atoms in total. The van der Waals surface area contributed by atoms with E-state index in [1.165, 1.54) is 0 Å². The van der Waals surface area contributed by atoms with Gasteiger partial charge in [-0.1, -0.05) is 12.1 Å². The van der Waals surface area contributed by atoms with Gasteiger partial charge in [-0.2, -0.15) is 0 Å². The Kier molecular flexibility index (Phi) is 3.75. The van der Waals surface area contributed by atoms with Crippen molar-refractivity contribution in [1.82, 2.24) is 9.47 Å². The van der Waals surface area contributed by atoms with Crippen LogP contribution in [0.3, 0.4) is 0 Å². The zero-order valence-corrected chi connectivity index (χ0v) is 12.5. The van der Waals surface area contributed by atoms with E-state index in [1.54, 1.807) is 4.90 Å². The van der Waals surface area contributed by atoms with E-state index in [-0.39, 0.29) is 11.9 Å². The minimum absolute atomic E-state index is 0.169. The number of nitrogens with zero attached hydrogens (tertiary/aromatic N) is 2. The summed E-state index contributed by atoms with van der Waals surface area (Å²) >= 11 is 0. The summed E-state index contributed by atoms with van der Waals surface area (Å²) in [6.07, 6.45) is 2.98. The van der Waals surface area contributed by atoms with Gasteiger partial charge in [0, 0.05) is 31.7 Å². The normalized spacial score (nSPS) is 16.0. The lowest BCUT2D eigenvalue weighted by Gasteiger charge is -2.30. The highest BCUT2D eigenvalue weighted by molar-refractivity contribution is 6.00. The van der Waals surface area contributed by atoms with Crippen LogP contribution in [0.1, 0.15) is 12.8 Å². The van der Waals surface area contributed by atoms with Crippen molar-refractivity contribution in [3.05, 3.63) is 30.5 Å². The van der Waals surface area contributed by atoms with E-state index >= 15 is 0 Å². The van der Waals surface area contributed by atoms with Crippen molar-refractivity contribution >= 4 is 28.6 Å². The van der Waals surface area contributed by atoms with Crippen LogP contribution in [0.2, 0.25) is 0 Å². The van der Waals surface area contributed by atoms with Gasteiger partial charge in [0.05, 0.1) is 17.1 Å². The number of aromatic nitrogens is 1. The molecular weight excluding hydrogens is 282 g/mol. The van der Waals surface area contributed by atoms with E-state index in [9.17, 15) is 9.59 Å². The van der Waals surface area contributed by atoms with Crippen LogP contribution in [0.5, 0.6) is 0 Å². The average Bonchev–Trinajstić information content (AvgIpc) is 2.90. The van der Waals surface area contributed by atoms with Gasteiger partial charge < -0.3 is 19.9 Å². The average molecular weight is 301 g/mol. The highest BCUT2D eigenvalue weighted by atomic mass is 16.4. The molecule has 2 aromatic rings. The predicted octanol–water partition coefficient (Wildman–Crippen LogP) is 2.51. The lowest BCUT2D eigenvalue weighted by atomic mass is 9.97. The molecule has 0 unspecified atom stereocenters. The Labute approximate surface area is 128 Å². The van der Waals surface area contributed by atoms with Crippen molar-refractivity contribution in [2.75, 3.05) is 18.4 Å². The summed E-state index contributed by atoms with van der Waals surface area (Å²) in [5.41, 5.74) is 1.76. The summed E-state index contributed by atoms with van der Waals surface area (Å²) in [6.45, 7) is 0.956. The fourth-order valence-corrected chi connectivity index (χ4v) is 2.98. The van der Waals surface area contributed by atoms with Crippen LogP contribution < -0.4 is 5.32 Å². The van der Waals surface area contributed by atoms with E-state index in [0.29, 0.717) is 25.9 Å². The van der Waals surface area contributed by atoms with Crippen LogP contribution in [0.4, 0.5) is 10.5 Å². The van der Waals surface area contributed by atoms with Crippen molar-refractivity contribution < 1.29 is 14.7 Å². The Morgan fingerprint density at radius 2 is 1.95 bits per heavy atom. The van der Waals surface area contributed by atoms with Gasteiger partial charge in [0.1, 0.15) is 0 Å². The number of amides is 2. The van der Waals surface area contributed by atoms with E-state index in [1.807, 2.05) is 42.1 Å². The van der Waals surface area contributed by atoms with E-state index < -0.39 is 5.97 Å². The Balaban J connectivity index is 1.72. The Bertz CT molecular complexity index is 714. The van der Waals surface area contributed by atoms with Crippen molar-refractivity contribution in [2.45, 2.75) is 12.8 Å². The van der Waals surface area contributed by atoms with E-state index in [0.717, 1.165) is 16.6 Å². The molecule has 6 heteroatoms. The van der Waals surface area contributed by atoms with Gasteiger partial charge >= 0.3 is 12.0 Å². The van der Waals surface area contributed by atoms with Gasteiger partial charge in [0.25, 0.3) is 0 Å². The molecule has 2 N–H and O–H groups in total. The minimum atomic E-state index is -0.770. The number of para-hydroxylation sites is 1. The molecule has 1 aromatic carbocycles. The zero-order valence-electron chi connectivity index (χ0n) is 12.5. The number of aliphatic carboxylic acids is 1. The van der Waals surface area contributed by atoms with E-state index in [4.69, 9.17) is 5.11 Å². The number of carboxylic acid groups (broad SMARTS) is 1. The number of rotatable bonds is 2. The number of carbonyl (C=O) groups excluding carboxylic acids is 1. The number of carbonyl (C=O) groups is 2. The maximum atomic E-state index is 12.4. The van der Waals surface area contributed by atoms with Crippen molar-refractivity contribution in [3.63, 3.8) is 0 Å². The summed E-state index contributed by atoms with van der Waals surface area (Å²) in [5, 5.41) is 13.0. The van der Waals surface area contributed by atoms with Crippen LogP contribution in [-0.2, 0) is 11.8 Å². The van der Waals surface area contributed by atoms with Gasteiger partial charge in [0.15, 0.2) is 0 Å². The number of hydrogen-bond donors (Lipinski definition) is 2. The maximum Gasteiger partial charge on any atom is 0.321 e. The second-order valence-electron chi connectivity index (χ2n) is 5.70. The van der Waals surface area contributed by atoms with Gasteiger partial charge in [-0.15, -0.1) is 0 Å². The molecule has 2 amide bonds. The summed E-state index contributed by atoms with van der Waals surface area (Å²) in [4.78, 5) is 25.0. The molecule has 1 aromatic heterocycles. The summed E-state index contributed by atoms with van der Waals surface area (Å²) in [7, 11) is 1.94. The van der Waals surface area contributed by atoms with Crippen LogP contribution in [0.25, 0.3) is 10.9 Å². The number of aryl methyl sites for hydroxylation is 1. The molecule has 1 saturated heterocycles. The first kappa shape index (κ1) is 14.4. The molecule has 0 bridgehead atoms. The molecule has 0 saturated carbocycles. The monoisotopic (exact) mass is 301 g/mol. The third-order valence-electron chi connectivity index (χ3n) is 4.27. The molecule has 2 heterocycles. The first-order valence-electron chi connectivity index (χ1n) is 7.39. The second kappa shape index (κ2) is 5.71. The molecule has 22 heavy (non-hydrogen) atoms. The number of piperidine rings is 1. The standard InChI is InChI=1S/C16H19N3O3/c1-18-8-5-11-3-2-4-13(14(11)18)17-16(22)19-9-6-12(7-10-19)15(20)21/h2-5,8,12H,6-7,9-10H2,1H3,(H,17,22)(H,20,21). The van der Waals surface area contributed by atoms with Crippen LogP contribution in [0.15, 0.2) is 30.5 Å². The smallest absolute Gasteiger partial charge is 0.321 e. The third kappa shape index (κ3) is 2.64. The quantitative estimate of drug-likeness (QED) is 0.895. The Hall–Kier alpha value is -2.50.